The predicted octanol–water partition coefficient (Wildman–Crippen LogP) is 6.70. The normalized spacial score (nSPS) is 22.9. The maximum atomic E-state index is 13.7. The molecule has 3 aromatic carbocycles. The molecule has 2 atom stereocenters. The number of ether oxygens (including phenoxy) is 1. The zero-order chi connectivity index (χ0) is 23.8. The third kappa shape index (κ3) is 5.37. The molecule has 3 aromatic rings. The van der Waals surface area contributed by atoms with E-state index in [9.17, 15) is 9.90 Å². The molecule has 0 bridgehead atoms. The smallest absolute Gasteiger partial charge is 0.142 e. The first-order valence-electron chi connectivity index (χ1n) is 11.9. The van der Waals surface area contributed by atoms with Crippen LogP contribution in [0.15, 0.2) is 97.1 Å². The summed E-state index contributed by atoms with van der Waals surface area (Å²) in [7, 11) is 1.65. The highest BCUT2D eigenvalue weighted by Crippen LogP contribution is 2.47. The number of aliphatic hydroxyl groups is 1. The summed E-state index contributed by atoms with van der Waals surface area (Å²) >= 11 is 0. The molecule has 1 aliphatic rings. The second kappa shape index (κ2) is 11.1. The minimum Gasteiger partial charge on any atom is -0.496 e. The number of Topliss-reactive ketones (excluding diaryl/α,β-unsaturated/α-hetero) is 1. The Hall–Kier alpha value is -3.43. The van der Waals surface area contributed by atoms with Crippen LogP contribution in [0.3, 0.4) is 0 Å². The van der Waals surface area contributed by atoms with Gasteiger partial charge >= 0.3 is 0 Å². The van der Waals surface area contributed by atoms with Crippen molar-refractivity contribution in [3.05, 3.63) is 114 Å². The van der Waals surface area contributed by atoms with E-state index in [-0.39, 0.29) is 11.7 Å². The van der Waals surface area contributed by atoms with Crippen molar-refractivity contribution in [1.29, 1.82) is 0 Å². The summed E-state index contributed by atoms with van der Waals surface area (Å²) in [5, 5.41) is 11.5. The summed E-state index contributed by atoms with van der Waals surface area (Å²) in [5.74, 6) is 0.827. The van der Waals surface area contributed by atoms with Crippen molar-refractivity contribution in [2.75, 3.05) is 7.11 Å². The lowest BCUT2D eigenvalue weighted by Gasteiger charge is -2.42. The first-order valence-corrected chi connectivity index (χ1v) is 11.9. The quantitative estimate of drug-likeness (QED) is 0.414. The molecule has 0 aromatic heterocycles. The highest BCUT2D eigenvalue weighted by Gasteiger charge is 2.48. The fraction of sp³-hybridized carbons (Fsp3) is 0.258. The lowest BCUT2D eigenvalue weighted by Crippen LogP contribution is -2.47. The number of hydrogen-bond donors (Lipinski definition) is 1. The van der Waals surface area contributed by atoms with Crippen LogP contribution in [0, 0.1) is 5.41 Å². The molecule has 1 fully saturated rings. The lowest BCUT2D eigenvalue weighted by molar-refractivity contribution is -0.140. The Kier molecular flexibility index (Phi) is 7.76. The van der Waals surface area contributed by atoms with Crippen LogP contribution in [0.2, 0.25) is 0 Å². The largest absolute Gasteiger partial charge is 0.496 e. The molecule has 1 saturated carbocycles. The average Bonchev–Trinajstić information content (AvgIpc) is 2.88. The number of hydrogen-bond acceptors (Lipinski definition) is 3. The molecule has 2 unspecified atom stereocenters. The van der Waals surface area contributed by atoms with Gasteiger partial charge in [0.2, 0.25) is 0 Å². The average molecular weight is 453 g/mol. The molecular weight excluding hydrogens is 420 g/mol. The Labute approximate surface area is 202 Å². The highest BCUT2D eigenvalue weighted by molar-refractivity contribution is 5.88. The molecule has 1 aliphatic carbocycles. The van der Waals surface area contributed by atoms with Gasteiger partial charge in [0, 0.05) is 6.42 Å². The van der Waals surface area contributed by atoms with E-state index in [2.05, 4.69) is 0 Å². The summed E-state index contributed by atoms with van der Waals surface area (Å²) in [6, 6.07) is 27.9. The maximum Gasteiger partial charge on any atom is 0.142 e. The third-order valence-electron chi connectivity index (χ3n) is 6.90. The van der Waals surface area contributed by atoms with Gasteiger partial charge in [-0.2, -0.15) is 0 Å². The number of rotatable bonds is 8. The van der Waals surface area contributed by atoms with Gasteiger partial charge in [0.25, 0.3) is 0 Å². The molecule has 1 N–H and O–H groups in total. The van der Waals surface area contributed by atoms with Gasteiger partial charge in [-0.05, 0) is 47.9 Å². The number of ketones is 1. The number of benzene rings is 3. The van der Waals surface area contributed by atoms with E-state index in [0.29, 0.717) is 25.7 Å². The standard InChI is InChI=1S/C31H32O3/c1-34-28-19-9-8-18-27(28)26-22-29(32)31(30(33)23-26,20-10-16-24-12-4-2-5-13-24)21-11-17-25-14-6-3-7-15-25/h2-19,26,29,32H,20-23H2,1H3. The maximum absolute atomic E-state index is 13.7. The summed E-state index contributed by atoms with van der Waals surface area (Å²) < 4.78 is 5.53. The molecule has 0 radical (unpaired) electrons. The van der Waals surface area contributed by atoms with Crippen LogP contribution >= 0.6 is 0 Å². The van der Waals surface area contributed by atoms with Crippen molar-refractivity contribution >= 4 is 17.9 Å². The van der Waals surface area contributed by atoms with E-state index >= 15 is 0 Å². The summed E-state index contributed by atoms with van der Waals surface area (Å²) in [6.07, 6.45) is 9.33. The molecule has 4 rings (SSSR count). The molecule has 34 heavy (non-hydrogen) atoms. The van der Waals surface area contributed by atoms with Gasteiger partial charge in [-0.15, -0.1) is 0 Å². The van der Waals surface area contributed by atoms with E-state index in [1.165, 1.54) is 0 Å². The van der Waals surface area contributed by atoms with E-state index in [1.807, 2.05) is 109 Å². The van der Waals surface area contributed by atoms with Crippen LogP contribution in [0.25, 0.3) is 12.2 Å². The third-order valence-corrected chi connectivity index (χ3v) is 6.90. The Balaban J connectivity index is 1.59. The van der Waals surface area contributed by atoms with Crippen LogP contribution in [-0.2, 0) is 4.79 Å². The second-order valence-corrected chi connectivity index (χ2v) is 9.01. The first kappa shape index (κ1) is 23.7. The molecule has 174 valence electrons. The molecule has 3 heteroatoms. The fourth-order valence-electron chi connectivity index (χ4n) is 4.95. The number of allylic oxidation sites excluding steroid dienone is 2. The molecule has 0 spiro atoms. The van der Waals surface area contributed by atoms with Gasteiger partial charge in [-0.3, -0.25) is 4.79 Å². The molecule has 0 saturated heterocycles. The molecule has 0 aliphatic heterocycles. The van der Waals surface area contributed by atoms with Crippen molar-refractivity contribution in [3.63, 3.8) is 0 Å². The van der Waals surface area contributed by atoms with Crippen molar-refractivity contribution in [2.45, 2.75) is 37.7 Å². The summed E-state index contributed by atoms with van der Waals surface area (Å²) in [5.41, 5.74) is 2.32. The molecular formula is C31H32O3. The topological polar surface area (TPSA) is 46.5 Å². The van der Waals surface area contributed by atoms with Crippen molar-refractivity contribution in [3.8, 4) is 5.75 Å². The minimum atomic E-state index is -0.838. The highest BCUT2D eigenvalue weighted by atomic mass is 16.5. The van der Waals surface area contributed by atoms with Crippen LogP contribution in [0.1, 0.15) is 48.3 Å². The lowest BCUT2D eigenvalue weighted by atomic mass is 9.62. The van der Waals surface area contributed by atoms with E-state index in [1.54, 1.807) is 7.11 Å². The van der Waals surface area contributed by atoms with Crippen LogP contribution in [0.5, 0.6) is 5.75 Å². The summed E-state index contributed by atoms with van der Waals surface area (Å²) in [6.45, 7) is 0. The second-order valence-electron chi connectivity index (χ2n) is 9.01. The fourth-order valence-corrected chi connectivity index (χ4v) is 4.95. The summed E-state index contributed by atoms with van der Waals surface area (Å²) in [4.78, 5) is 13.7. The van der Waals surface area contributed by atoms with Gasteiger partial charge in [0.05, 0.1) is 18.6 Å². The Bertz CT molecular complexity index is 1080. The van der Waals surface area contributed by atoms with E-state index in [4.69, 9.17) is 4.74 Å². The molecule has 0 heterocycles. The van der Waals surface area contributed by atoms with E-state index < -0.39 is 11.5 Å². The number of aliphatic hydroxyl groups excluding tert-OH is 1. The van der Waals surface area contributed by atoms with Gasteiger partial charge < -0.3 is 9.84 Å². The molecule has 0 amide bonds. The number of carbonyl (C=O) groups excluding carboxylic acids is 1. The van der Waals surface area contributed by atoms with Crippen molar-refractivity contribution < 1.29 is 14.6 Å². The van der Waals surface area contributed by atoms with Gasteiger partial charge in [0.1, 0.15) is 11.5 Å². The van der Waals surface area contributed by atoms with Gasteiger partial charge in [-0.25, -0.2) is 0 Å². The van der Waals surface area contributed by atoms with Gasteiger partial charge in [0.15, 0.2) is 0 Å². The number of carbonyl (C=O) groups is 1. The van der Waals surface area contributed by atoms with Crippen LogP contribution < -0.4 is 4.74 Å². The number of methoxy groups -OCH3 is 1. The predicted molar refractivity (Wildman–Crippen MR) is 139 cm³/mol. The number of para-hydroxylation sites is 1. The Morgan fingerprint density at radius 1 is 0.853 bits per heavy atom. The van der Waals surface area contributed by atoms with Crippen LogP contribution in [-0.4, -0.2) is 24.1 Å². The van der Waals surface area contributed by atoms with Gasteiger partial charge in [-0.1, -0.05) is 103 Å². The zero-order valence-corrected chi connectivity index (χ0v) is 19.6. The minimum absolute atomic E-state index is 0.0528. The SMILES string of the molecule is COc1ccccc1C1CC(=O)C(CC=Cc2ccccc2)(CC=Cc2ccccc2)C(O)C1. The monoisotopic (exact) mass is 452 g/mol. The first-order chi connectivity index (χ1) is 16.6. The molecule has 3 nitrogen and oxygen atoms in total. The Morgan fingerprint density at radius 2 is 1.38 bits per heavy atom. The Morgan fingerprint density at radius 3 is 1.91 bits per heavy atom. The van der Waals surface area contributed by atoms with Crippen molar-refractivity contribution in [1.82, 2.24) is 0 Å². The van der Waals surface area contributed by atoms with E-state index in [0.717, 1.165) is 22.4 Å². The zero-order valence-electron chi connectivity index (χ0n) is 19.6. The van der Waals surface area contributed by atoms with Crippen molar-refractivity contribution in [2.24, 2.45) is 5.41 Å². The van der Waals surface area contributed by atoms with Crippen LogP contribution in [0.4, 0.5) is 0 Å².